The van der Waals surface area contributed by atoms with Crippen LogP contribution in [0.2, 0.25) is 0 Å². The second-order valence-corrected chi connectivity index (χ2v) is 18.8. The molecular weight excluding hydrogens is 721 g/mol. The van der Waals surface area contributed by atoms with Gasteiger partial charge in [0, 0.05) is 70.0 Å². The molecule has 0 saturated heterocycles. The van der Waals surface area contributed by atoms with Gasteiger partial charge in [0.1, 0.15) is 0 Å². The Balaban J connectivity index is 1.04. The lowest BCUT2D eigenvalue weighted by Gasteiger charge is -2.08. The topological polar surface area (TPSA) is 0 Å². The summed E-state index contributed by atoms with van der Waals surface area (Å²) in [6, 6.07) is 53.7. The van der Waals surface area contributed by atoms with Crippen molar-refractivity contribution in [1.29, 1.82) is 0 Å². The highest BCUT2D eigenvalue weighted by atomic mass is 32.1. The molecule has 6 heterocycles. The summed E-state index contributed by atoms with van der Waals surface area (Å²) in [4.78, 5) is 13.4. The van der Waals surface area contributed by atoms with Crippen LogP contribution in [-0.4, -0.2) is 0 Å². The number of benzene rings is 5. The van der Waals surface area contributed by atoms with E-state index >= 15 is 0 Å². The normalized spacial score (nSPS) is 12.0. The Morgan fingerprint density at radius 3 is 1.02 bits per heavy atom. The van der Waals surface area contributed by atoms with Gasteiger partial charge in [0.2, 0.25) is 0 Å². The number of thiophene rings is 6. The third kappa shape index (κ3) is 4.57. The molecule has 0 aliphatic rings. The molecule has 0 saturated carbocycles. The number of hydrogen-bond acceptors (Lipinski definition) is 6. The van der Waals surface area contributed by atoms with Crippen molar-refractivity contribution in [2.24, 2.45) is 0 Å². The number of rotatable bonds is 6. The maximum atomic E-state index is 2.36. The van der Waals surface area contributed by atoms with E-state index in [9.17, 15) is 0 Å². The monoisotopic (exact) mass is 744 g/mol. The van der Waals surface area contributed by atoms with E-state index in [1.165, 1.54) is 102 Å². The summed E-state index contributed by atoms with van der Waals surface area (Å²) >= 11 is 11.5. The third-order valence-corrected chi connectivity index (χ3v) is 16.9. The van der Waals surface area contributed by atoms with Crippen LogP contribution in [0.5, 0.6) is 0 Å². The van der Waals surface area contributed by atoms with Gasteiger partial charge in [-0.25, -0.2) is 0 Å². The van der Waals surface area contributed by atoms with Gasteiger partial charge >= 0.3 is 0 Å². The minimum Gasteiger partial charge on any atom is -0.134 e. The molecule has 5 aromatic carbocycles. The van der Waals surface area contributed by atoms with Crippen LogP contribution in [0.15, 0.2) is 146 Å². The third-order valence-electron chi connectivity index (χ3n) is 9.44. The average Bonchev–Trinajstić information content (AvgIpc) is 4.01. The van der Waals surface area contributed by atoms with Gasteiger partial charge in [-0.3, -0.25) is 0 Å². The fourth-order valence-corrected chi connectivity index (χ4v) is 14.2. The van der Waals surface area contributed by atoms with Gasteiger partial charge < -0.3 is 0 Å². The highest BCUT2D eigenvalue weighted by Crippen LogP contribution is 2.55. The van der Waals surface area contributed by atoms with Gasteiger partial charge in [0.25, 0.3) is 0 Å². The van der Waals surface area contributed by atoms with Crippen molar-refractivity contribution in [3.63, 3.8) is 0 Å². The molecule has 0 bridgehead atoms. The Kier molecular flexibility index (Phi) is 6.79. The molecule has 0 amide bonds. The predicted octanol–water partition coefficient (Wildman–Crippen LogP) is 16.1. The molecule has 11 aromatic rings. The van der Waals surface area contributed by atoms with Crippen LogP contribution in [0.25, 0.3) is 102 Å². The van der Waals surface area contributed by atoms with E-state index in [1.807, 2.05) is 68.0 Å². The molecule has 11 rings (SSSR count). The molecule has 0 fully saturated rings. The zero-order valence-electron chi connectivity index (χ0n) is 26.3. The summed E-state index contributed by atoms with van der Waals surface area (Å²) in [5, 5.41) is 8.39. The lowest BCUT2D eigenvalue weighted by molar-refractivity contribution is 1.70. The van der Waals surface area contributed by atoms with Crippen molar-refractivity contribution in [3.05, 3.63) is 146 Å². The van der Waals surface area contributed by atoms with Gasteiger partial charge in [-0.2, -0.15) is 0 Å². The highest BCUT2D eigenvalue weighted by Gasteiger charge is 2.24. The molecule has 236 valence electrons. The van der Waals surface area contributed by atoms with Crippen LogP contribution in [-0.2, 0) is 0 Å². The Bertz CT molecular complexity index is 2770. The Labute approximate surface area is 312 Å². The SMILES string of the molecule is c1ccc(-c2ccc(-c3ccc(-c4sc5cccc6c7c(-c8ccc(-c9ccc(-c%10ccccc%10)s9)s8)sc8cccc(c4c56)c87)s3)s2)cc1. The summed E-state index contributed by atoms with van der Waals surface area (Å²) in [6.07, 6.45) is 0. The van der Waals surface area contributed by atoms with E-state index in [0.717, 1.165) is 0 Å². The number of fused-ring (bicyclic) bond motifs is 2. The van der Waals surface area contributed by atoms with Gasteiger partial charge in [0.05, 0.1) is 9.75 Å². The zero-order valence-corrected chi connectivity index (χ0v) is 31.2. The molecule has 0 radical (unpaired) electrons. The minimum atomic E-state index is 1.28. The fraction of sp³-hybridized carbons (Fsp3) is 0. The number of hydrogen-bond donors (Lipinski definition) is 0. The molecule has 6 aromatic heterocycles. The maximum absolute atomic E-state index is 2.36. The zero-order chi connectivity index (χ0) is 32.8. The molecule has 0 unspecified atom stereocenters. The van der Waals surface area contributed by atoms with E-state index < -0.39 is 0 Å². The smallest absolute Gasteiger partial charge is 0.0534 e. The summed E-state index contributed by atoms with van der Waals surface area (Å²) in [5.41, 5.74) is 2.56. The van der Waals surface area contributed by atoms with Crippen LogP contribution in [0, 0.1) is 0 Å². The first-order valence-corrected chi connectivity index (χ1v) is 21.3. The van der Waals surface area contributed by atoms with Crippen molar-refractivity contribution in [3.8, 4) is 59.9 Å². The van der Waals surface area contributed by atoms with Crippen molar-refractivity contribution in [1.82, 2.24) is 0 Å². The molecule has 6 heteroatoms. The predicted molar refractivity (Wildman–Crippen MR) is 228 cm³/mol. The van der Waals surface area contributed by atoms with Crippen LogP contribution < -0.4 is 0 Å². The molecule has 0 atom stereocenters. The minimum absolute atomic E-state index is 1.28. The lowest BCUT2D eigenvalue weighted by Crippen LogP contribution is -1.81. The Hall–Kier alpha value is -4.40. The summed E-state index contributed by atoms with van der Waals surface area (Å²) in [5.74, 6) is 0. The molecule has 0 spiro atoms. The largest absolute Gasteiger partial charge is 0.134 e. The van der Waals surface area contributed by atoms with E-state index in [1.54, 1.807) is 0 Å². The quantitative estimate of drug-likeness (QED) is 0.149. The summed E-state index contributed by atoms with van der Waals surface area (Å²) in [6.45, 7) is 0. The van der Waals surface area contributed by atoms with Crippen LogP contribution >= 0.6 is 68.0 Å². The van der Waals surface area contributed by atoms with Gasteiger partial charge in [-0.05, 0) is 82.6 Å². The molecule has 0 aliphatic carbocycles. The van der Waals surface area contributed by atoms with Gasteiger partial charge in [0.15, 0.2) is 0 Å². The summed E-state index contributed by atoms with van der Waals surface area (Å²) < 4.78 is 2.73. The van der Waals surface area contributed by atoms with Crippen molar-refractivity contribution in [2.45, 2.75) is 0 Å². The van der Waals surface area contributed by atoms with Crippen LogP contribution in [0.4, 0.5) is 0 Å². The molecular formula is C44H24S6. The molecule has 50 heavy (non-hydrogen) atoms. The van der Waals surface area contributed by atoms with Crippen LogP contribution in [0.3, 0.4) is 0 Å². The Morgan fingerprint density at radius 2 is 0.600 bits per heavy atom. The second kappa shape index (κ2) is 11.6. The molecule has 0 N–H and O–H groups in total. The van der Waals surface area contributed by atoms with E-state index in [4.69, 9.17) is 0 Å². The van der Waals surface area contributed by atoms with Gasteiger partial charge in [-0.15, -0.1) is 68.0 Å². The molecule has 0 nitrogen and oxygen atoms in total. The van der Waals surface area contributed by atoms with Gasteiger partial charge in [-0.1, -0.05) is 84.9 Å². The highest BCUT2D eigenvalue weighted by molar-refractivity contribution is 7.31. The molecule has 0 aliphatic heterocycles. The fourth-order valence-electron chi connectivity index (χ4n) is 7.22. The average molecular weight is 745 g/mol. The second-order valence-electron chi connectivity index (χ2n) is 12.4. The lowest BCUT2D eigenvalue weighted by atomic mass is 9.94. The summed E-state index contributed by atoms with van der Waals surface area (Å²) in [7, 11) is 0. The standard InChI is InChI=1S/C44H24S6/c1-3-9-25(10-4-1)29-17-19-31(45-29)33-21-23-37(47-33)43-41-27-13-7-16-36-40(27)42(28-14-8-15-35(49-43)39(28)41)44(50-36)38-24-22-34(48-38)32-20-18-30(46-32)26-11-5-2-6-12-26/h1-24H. The van der Waals surface area contributed by atoms with Crippen molar-refractivity contribution in [2.75, 3.05) is 0 Å². The first kappa shape index (κ1) is 29.3. The first-order chi connectivity index (χ1) is 24.8. The van der Waals surface area contributed by atoms with Crippen molar-refractivity contribution < 1.29 is 0 Å². The Morgan fingerprint density at radius 1 is 0.240 bits per heavy atom. The van der Waals surface area contributed by atoms with E-state index in [-0.39, 0.29) is 0 Å². The maximum Gasteiger partial charge on any atom is 0.0534 e. The van der Waals surface area contributed by atoms with E-state index in [0.29, 0.717) is 0 Å². The first-order valence-electron chi connectivity index (χ1n) is 16.4. The van der Waals surface area contributed by atoms with Crippen LogP contribution in [0.1, 0.15) is 0 Å². The van der Waals surface area contributed by atoms with E-state index in [2.05, 4.69) is 146 Å². The van der Waals surface area contributed by atoms with Crippen molar-refractivity contribution >= 4 is 110 Å².